The molecule has 1 atom stereocenters. The number of likely N-dealkylation sites (N-methyl/N-ethyl adjacent to an activating group) is 1. The summed E-state index contributed by atoms with van der Waals surface area (Å²) in [6, 6.07) is 0.159. The van der Waals surface area contributed by atoms with E-state index in [0.29, 0.717) is 6.54 Å². The fraction of sp³-hybridized carbons (Fsp3) is 1.00. The van der Waals surface area contributed by atoms with Gasteiger partial charge in [0.25, 0.3) is 0 Å². The third kappa shape index (κ3) is 5.58. The molecule has 0 radical (unpaired) electrons. The summed E-state index contributed by atoms with van der Waals surface area (Å²) >= 11 is 0. The summed E-state index contributed by atoms with van der Waals surface area (Å²) < 4.78 is 0. The first-order valence-electron chi connectivity index (χ1n) is 5.21. The molecule has 3 N–H and O–H groups in total. The van der Waals surface area contributed by atoms with E-state index in [1.54, 1.807) is 0 Å². The highest BCUT2D eigenvalue weighted by molar-refractivity contribution is 4.82. The molecule has 0 aromatic rings. The Morgan fingerprint density at radius 2 is 1.64 bits per heavy atom. The van der Waals surface area contributed by atoms with Crippen LogP contribution in [0.3, 0.4) is 0 Å². The third-order valence-corrected chi connectivity index (χ3v) is 2.57. The van der Waals surface area contributed by atoms with Crippen molar-refractivity contribution in [2.45, 2.75) is 46.3 Å². The summed E-state index contributed by atoms with van der Waals surface area (Å²) in [7, 11) is 2.02. The van der Waals surface area contributed by atoms with Gasteiger partial charge in [0, 0.05) is 19.1 Å². The molecule has 1 unspecified atom stereocenters. The van der Waals surface area contributed by atoms with E-state index >= 15 is 0 Å². The van der Waals surface area contributed by atoms with Gasteiger partial charge in [-0.25, -0.2) is 0 Å². The van der Waals surface area contributed by atoms with Crippen molar-refractivity contribution in [2.75, 3.05) is 20.1 Å². The Labute approximate surface area is 88.3 Å². The van der Waals surface area contributed by atoms with Crippen LogP contribution in [0.25, 0.3) is 0 Å². The van der Waals surface area contributed by atoms with E-state index in [-0.39, 0.29) is 11.5 Å². The van der Waals surface area contributed by atoms with Gasteiger partial charge in [0.15, 0.2) is 0 Å². The normalized spacial score (nSPS) is 16.1. The van der Waals surface area contributed by atoms with Gasteiger partial charge in [0.1, 0.15) is 0 Å². The van der Waals surface area contributed by atoms with Gasteiger partial charge >= 0.3 is 0 Å². The van der Waals surface area contributed by atoms with Crippen LogP contribution in [0.15, 0.2) is 0 Å². The van der Waals surface area contributed by atoms with E-state index in [0.717, 1.165) is 6.54 Å². The molecule has 0 aromatic carbocycles. The number of rotatable bonds is 5. The van der Waals surface area contributed by atoms with E-state index in [4.69, 9.17) is 5.73 Å². The Balaban J connectivity index is 4.12. The maximum Gasteiger partial charge on any atom is 0.0718 e. The predicted molar refractivity (Wildman–Crippen MR) is 61.2 cm³/mol. The van der Waals surface area contributed by atoms with Crippen molar-refractivity contribution in [1.82, 2.24) is 4.90 Å². The van der Waals surface area contributed by atoms with Crippen LogP contribution in [0.2, 0.25) is 0 Å². The predicted octanol–water partition coefficient (Wildman–Crippen LogP) is 1.06. The molecule has 0 fully saturated rings. The Morgan fingerprint density at radius 1 is 1.21 bits per heavy atom. The summed E-state index contributed by atoms with van der Waals surface area (Å²) in [6.45, 7) is 11.5. The number of nitrogens with zero attached hydrogens (tertiary/aromatic N) is 1. The molecule has 0 rings (SSSR count). The minimum atomic E-state index is -0.636. The van der Waals surface area contributed by atoms with E-state index in [9.17, 15) is 5.11 Å². The zero-order valence-corrected chi connectivity index (χ0v) is 10.5. The molecule has 0 bridgehead atoms. The van der Waals surface area contributed by atoms with Crippen LogP contribution >= 0.6 is 0 Å². The Morgan fingerprint density at radius 3 is 1.93 bits per heavy atom. The Bertz CT molecular complexity index is 171. The first-order valence-corrected chi connectivity index (χ1v) is 5.21. The summed E-state index contributed by atoms with van der Waals surface area (Å²) in [6.07, 6.45) is 0. The topological polar surface area (TPSA) is 49.5 Å². The van der Waals surface area contributed by atoms with Crippen LogP contribution in [0.1, 0.15) is 34.6 Å². The molecule has 0 saturated carbocycles. The molecule has 0 aliphatic heterocycles. The highest BCUT2D eigenvalue weighted by Crippen LogP contribution is 2.20. The van der Waals surface area contributed by atoms with Crippen molar-refractivity contribution in [1.29, 1.82) is 0 Å². The van der Waals surface area contributed by atoms with Crippen LogP contribution in [0, 0.1) is 5.41 Å². The fourth-order valence-corrected chi connectivity index (χ4v) is 1.56. The van der Waals surface area contributed by atoms with Gasteiger partial charge in [0.2, 0.25) is 0 Å². The second-order valence-corrected chi connectivity index (χ2v) is 5.76. The van der Waals surface area contributed by atoms with E-state index in [1.807, 2.05) is 27.8 Å². The molecule has 0 aromatic heterocycles. The fourth-order valence-electron chi connectivity index (χ4n) is 1.56. The molecule has 0 aliphatic carbocycles. The first-order chi connectivity index (χ1) is 6.04. The molecule has 0 saturated heterocycles. The van der Waals surface area contributed by atoms with Gasteiger partial charge in [-0.3, -0.25) is 0 Å². The van der Waals surface area contributed by atoms with Gasteiger partial charge in [-0.05, 0) is 33.2 Å². The first kappa shape index (κ1) is 13.9. The minimum Gasteiger partial charge on any atom is -0.389 e. The van der Waals surface area contributed by atoms with Gasteiger partial charge in [-0.2, -0.15) is 0 Å². The molecular weight excluding hydrogens is 176 g/mol. The molecule has 3 heteroatoms. The molecular formula is C11H26N2O. The number of hydrogen-bond donors (Lipinski definition) is 2. The average Bonchev–Trinajstić information content (AvgIpc) is 1.79. The van der Waals surface area contributed by atoms with Crippen molar-refractivity contribution < 1.29 is 5.11 Å². The van der Waals surface area contributed by atoms with Crippen LogP contribution in [0.4, 0.5) is 0 Å². The number of hydrogen-bond acceptors (Lipinski definition) is 3. The maximum atomic E-state index is 9.65. The highest BCUT2D eigenvalue weighted by atomic mass is 16.3. The molecule has 0 amide bonds. The lowest BCUT2D eigenvalue weighted by molar-refractivity contribution is 0.0317. The highest BCUT2D eigenvalue weighted by Gasteiger charge is 2.26. The summed E-state index contributed by atoms with van der Waals surface area (Å²) in [4.78, 5) is 2.13. The average molecular weight is 202 g/mol. The van der Waals surface area contributed by atoms with Crippen molar-refractivity contribution in [3.8, 4) is 0 Å². The molecule has 0 aliphatic rings. The van der Waals surface area contributed by atoms with Gasteiger partial charge in [-0.15, -0.1) is 0 Å². The van der Waals surface area contributed by atoms with Gasteiger partial charge in [0.05, 0.1) is 5.60 Å². The van der Waals surface area contributed by atoms with Gasteiger partial charge in [-0.1, -0.05) is 13.8 Å². The van der Waals surface area contributed by atoms with E-state index in [1.165, 1.54) is 0 Å². The smallest absolute Gasteiger partial charge is 0.0718 e. The monoisotopic (exact) mass is 202 g/mol. The lowest BCUT2D eigenvalue weighted by atomic mass is 9.85. The zero-order chi connectivity index (χ0) is 11.6. The largest absolute Gasteiger partial charge is 0.389 e. The Kier molecular flexibility index (Phi) is 4.56. The molecule has 14 heavy (non-hydrogen) atoms. The van der Waals surface area contributed by atoms with Crippen LogP contribution in [-0.4, -0.2) is 41.8 Å². The van der Waals surface area contributed by atoms with Crippen LogP contribution in [-0.2, 0) is 0 Å². The quantitative estimate of drug-likeness (QED) is 0.701. The Hall–Kier alpha value is -0.120. The van der Waals surface area contributed by atoms with Crippen molar-refractivity contribution >= 4 is 0 Å². The van der Waals surface area contributed by atoms with Crippen LogP contribution < -0.4 is 5.73 Å². The second kappa shape index (κ2) is 4.60. The number of nitrogens with two attached hydrogens (primary N) is 1. The summed E-state index contributed by atoms with van der Waals surface area (Å²) in [5.41, 5.74) is 5.34. The maximum absolute atomic E-state index is 9.65. The minimum absolute atomic E-state index is 0.0833. The zero-order valence-electron chi connectivity index (χ0n) is 10.5. The third-order valence-electron chi connectivity index (χ3n) is 2.57. The molecule has 0 heterocycles. The van der Waals surface area contributed by atoms with Crippen molar-refractivity contribution in [3.63, 3.8) is 0 Å². The summed E-state index contributed by atoms with van der Waals surface area (Å²) in [5.74, 6) is 0. The standard InChI is InChI=1S/C11H26N2O/c1-9(12)10(2,3)7-13(6)8-11(4,5)14/h9,14H,7-8,12H2,1-6H3. The van der Waals surface area contributed by atoms with Crippen molar-refractivity contribution in [3.05, 3.63) is 0 Å². The number of aliphatic hydroxyl groups is 1. The molecule has 3 nitrogen and oxygen atoms in total. The summed E-state index contributed by atoms with van der Waals surface area (Å²) in [5, 5.41) is 9.65. The van der Waals surface area contributed by atoms with Crippen molar-refractivity contribution in [2.24, 2.45) is 11.1 Å². The SMILES string of the molecule is CC(N)C(C)(C)CN(C)CC(C)(C)O. The van der Waals surface area contributed by atoms with Crippen LogP contribution in [0.5, 0.6) is 0 Å². The lowest BCUT2D eigenvalue weighted by Crippen LogP contribution is -2.46. The van der Waals surface area contributed by atoms with E-state index in [2.05, 4.69) is 18.7 Å². The second-order valence-electron chi connectivity index (χ2n) is 5.76. The molecule has 86 valence electrons. The molecule has 0 spiro atoms. The van der Waals surface area contributed by atoms with Gasteiger partial charge < -0.3 is 15.7 Å². The lowest BCUT2D eigenvalue weighted by Gasteiger charge is -2.35. The van der Waals surface area contributed by atoms with E-state index < -0.39 is 5.60 Å².